The molecule has 23 heavy (non-hydrogen) atoms. The maximum Gasteiger partial charge on any atom is 0.233 e. The number of nitrogens with zero attached hydrogens (tertiary/aromatic N) is 3. The van der Waals surface area contributed by atoms with Crippen molar-refractivity contribution in [3.63, 3.8) is 0 Å². The van der Waals surface area contributed by atoms with Gasteiger partial charge in [-0.1, -0.05) is 31.1 Å². The molecule has 1 aromatic heterocycles. The van der Waals surface area contributed by atoms with E-state index in [1.165, 1.54) is 16.2 Å². The zero-order valence-electron chi connectivity index (χ0n) is 13.1. The molecule has 3 rings (SSSR count). The van der Waals surface area contributed by atoms with Gasteiger partial charge in [0.25, 0.3) is 0 Å². The Kier molecular flexibility index (Phi) is 4.70. The molecule has 0 aromatic carbocycles. The van der Waals surface area contributed by atoms with Gasteiger partial charge >= 0.3 is 0 Å². The number of aryl methyl sites for hydroxylation is 1. The zero-order valence-corrected chi connectivity index (χ0v) is 13.9. The molecule has 1 aromatic rings. The molecule has 1 aliphatic heterocycles. The molecule has 2 heterocycles. The molecule has 7 nitrogen and oxygen atoms in total. The van der Waals surface area contributed by atoms with Crippen LogP contribution in [0.1, 0.15) is 44.0 Å². The number of amides is 3. The van der Waals surface area contributed by atoms with Crippen LogP contribution in [0.5, 0.6) is 0 Å². The Morgan fingerprint density at radius 1 is 1.22 bits per heavy atom. The molecule has 2 atom stereocenters. The first-order valence-corrected chi connectivity index (χ1v) is 8.89. The lowest BCUT2D eigenvalue weighted by atomic mass is 9.81. The third kappa shape index (κ3) is 3.26. The van der Waals surface area contributed by atoms with Gasteiger partial charge in [0.15, 0.2) is 0 Å². The highest BCUT2D eigenvalue weighted by molar-refractivity contribution is 7.15. The molecule has 8 heteroatoms. The van der Waals surface area contributed by atoms with E-state index < -0.39 is 0 Å². The van der Waals surface area contributed by atoms with Gasteiger partial charge in [-0.05, 0) is 19.3 Å². The Labute approximate surface area is 138 Å². The summed E-state index contributed by atoms with van der Waals surface area (Å²) in [6.45, 7) is 2.12. The molecule has 2 fully saturated rings. The summed E-state index contributed by atoms with van der Waals surface area (Å²) < 4.78 is 0. The molecular weight excluding hydrogens is 316 g/mol. The molecule has 124 valence electrons. The largest absolute Gasteiger partial charge is 0.300 e. The highest BCUT2D eigenvalue weighted by Crippen LogP contribution is 2.37. The number of carbonyl (C=O) groups is 3. The van der Waals surface area contributed by atoms with E-state index in [1.807, 2.05) is 6.92 Å². The van der Waals surface area contributed by atoms with Crippen molar-refractivity contribution in [3.05, 3.63) is 5.01 Å². The molecule has 1 aliphatic carbocycles. The topological polar surface area (TPSA) is 92.3 Å². The Bertz CT molecular complexity index is 606. The normalized spacial score (nSPS) is 24.0. The van der Waals surface area contributed by atoms with Crippen molar-refractivity contribution in [2.45, 2.75) is 45.4 Å². The van der Waals surface area contributed by atoms with Crippen LogP contribution in [0.15, 0.2) is 0 Å². The second-order valence-corrected chi connectivity index (χ2v) is 7.04. The number of carbonyl (C=O) groups excluding carboxylic acids is 3. The summed E-state index contributed by atoms with van der Waals surface area (Å²) in [5.41, 5.74) is 0. The average molecular weight is 336 g/mol. The van der Waals surface area contributed by atoms with Gasteiger partial charge in [0, 0.05) is 13.0 Å². The predicted molar refractivity (Wildman–Crippen MR) is 84.7 cm³/mol. The first kappa shape index (κ1) is 16.0. The van der Waals surface area contributed by atoms with E-state index in [-0.39, 0.29) is 42.5 Å². The molecule has 1 saturated carbocycles. The summed E-state index contributed by atoms with van der Waals surface area (Å²) in [5, 5.41) is 11.8. The third-order valence-electron chi connectivity index (χ3n) is 4.51. The van der Waals surface area contributed by atoms with Gasteiger partial charge in [0.05, 0.1) is 11.8 Å². The van der Waals surface area contributed by atoms with Gasteiger partial charge in [0.2, 0.25) is 22.9 Å². The lowest BCUT2D eigenvalue weighted by Crippen LogP contribution is -2.34. The number of aromatic nitrogens is 2. The molecular formula is C15H20N4O3S. The number of imide groups is 1. The SMILES string of the molecule is CCc1nnc(NC(=O)CCN2C(=O)C3CCCCC3C2=O)s1. The van der Waals surface area contributed by atoms with Crippen molar-refractivity contribution in [2.24, 2.45) is 11.8 Å². The van der Waals surface area contributed by atoms with Gasteiger partial charge in [-0.25, -0.2) is 0 Å². The Balaban J connectivity index is 1.54. The van der Waals surface area contributed by atoms with Crippen molar-refractivity contribution in [1.29, 1.82) is 0 Å². The Hall–Kier alpha value is -1.83. The van der Waals surface area contributed by atoms with Crippen molar-refractivity contribution >= 4 is 34.2 Å². The Morgan fingerprint density at radius 3 is 2.43 bits per heavy atom. The molecule has 0 radical (unpaired) electrons. The molecule has 1 saturated heterocycles. The summed E-state index contributed by atoms with van der Waals surface area (Å²) in [6, 6.07) is 0. The fraction of sp³-hybridized carbons (Fsp3) is 0.667. The minimum Gasteiger partial charge on any atom is -0.300 e. The van der Waals surface area contributed by atoms with Crippen LogP contribution in [0.4, 0.5) is 5.13 Å². The number of hydrogen-bond donors (Lipinski definition) is 1. The predicted octanol–water partition coefficient (Wildman–Crippen LogP) is 1.60. The van der Waals surface area contributed by atoms with Crippen molar-refractivity contribution in [3.8, 4) is 0 Å². The van der Waals surface area contributed by atoms with Crippen LogP contribution < -0.4 is 5.32 Å². The number of likely N-dealkylation sites (tertiary alicyclic amines) is 1. The number of rotatable bonds is 5. The van der Waals surface area contributed by atoms with E-state index in [0.29, 0.717) is 5.13 Å². The van der Waals surface area contributed by atoms with Crippen LogP contribution in [-0.4, -0.2) is 39.4 Å². The van der Waals surface area contributed by atoms with Crippen LogP contribution in [-0.2, 0) is 20.8 Å². The molecule has 1 N–H and O–H groups in total. The summed E-state index contributed by atoms with van der Waals surface area (Å²) >= 11 is 1.34. The maximum absolute atomic E-state index is 12.3. The second-order valence-electron chi connectivity index (χ2n) is 5.98. The fourth-order valence-electron chi connectivity index (χ4n) is 3.29. The van der Waals surface area contributed by atoms with Crippen LogP contribution in [0.3, 0.4) is 0 Å². The number of nitrogens with one attached hydrogen (secondary N) is 1. The van der Waals surface area contributed by atoms with Crippen molar-refractivity contribution < 1.29 is 14.4 Å². The van der Waals surface area contributed by atoms with E-state index in [4.69, 9.17) is 0 Å². The summed E-state index contributed by atoms with van der Waals surface area (Å²) in [4.78, 5) is 37.9. The monoisotopic (exact) mass is 336 g/mol. The van der Waals surface area contributed by atoms with Gasteiger partial charge in [0.1, 0.15) is 5.01 Å². The first-order chi connectivity index (χ1) is 11.1. The standard InChI is InChI=1S/C15H20N4O3S/c1-2-12-17-18-15(23-12)16-11(20)7-8-19-13(21)9-5-3-4-6-10(9)14(19)22/h9-10H,2-8H2,1H3,(H,16,18,20). The minimum absolute atomic E-state index is 0.0952. The molecule has 3 amide bonds. The van der Waals surface area contributed by atoms with Gasteiger partial charge in [-0.15, -0.1) is 10.2 Å². The zero-order chi connectivity index (χ0) is 16.4. The average Bonchev–Trinajstić information content (AvgIpc) is 3.10. The number of anilines is 1. The van der Waals surface area contributed by atoms with Gasteiger partial charge in [-0.2, -0.15) is 0 Å². The van der Waals surface area contributed by atoms with Crippen molar-refractivity contribution in [1.82, 2.24) is 15.1 Å². The first-order valence-electron chi connectivity index (χ1n) is 8.07. The van der Waals surface area contributed by atoms with Crippen molar-refractivity contribution in [2.75, 3.05) is 11.9 Å². The molecule has 2 unspecified atom stereocenters. The number of hydrogen-bond acceptors (Lipinski definition) is 6. The molecule has 0 bridgehead atoms. The molecule has 0 spiro atoms. The van der Waals surface area contributed by atoms with E-state index in [0.717, 1.165) is 37.1 Å². The van der Waals surface area contributed by atoms with E-state index >= 15 is 0 Å². The second kappa shape index (κ2) is 6.74. The molecule has 2 aliphatic rings. The summed E-state index contributed by atoms with van der Waals surface area (Å²) in [6.07, 6.45) is 4.47. The quantitative estimate of drug-likeness (QED) is 0.825. The number of fused-ring (bicyclic) bond motifs is 1. The minimum atomic E-state index is -0.251. The third-order valence-corrected chi connectivity index (χ3v) is 5.49. The fourth-order valence-corrected chi connectivity index (χ4v) is 3.99. The van der Waals surface area contributed by atoms with Crippen LogP contribution in [0.2, 0.25) is 0 Å². The highest BCUT2D eigenvalue weighted by atomic mass is 32.1. The van der Waals surface area contributed by atoms with Crippen LogP contribution in [0.25, 0.3) is 0 Å². The van der Waals surface area contributed by atoms with E-state index in [1.54, 1.807) is 0 Å². The Morgan fingerprint density at radius 2 is 1.87 bits per heavy atom. The van der Waals surface area contributed by atoms with Crippen LogP contribution in [0, 0.1) is 11.8 Å². The lowest BCUT2D eigenvalue weighted by Gasteiger charge is -2.19. The lowest BCUT2D eigenvalue weighted by molar-refractivity contribution is -0.140. The maximum atomic E-state index is 12.3. The van der Waals surface area contributed by atoms with Gasteiger partial charge in [-0.3, -0.25) is 19.3 Å². The summed E-state index contributed by atoms with van der Waals surface area (Å²) in [5.74, 6) is -0.767. The summed E-state index contributed by atoms with van der Waals surface area (Å²) in [7, 11) is 0. The highest BCUT2D eigenvalue weighted by Gasteiger charge is 2.47. The van der Waals surface area contributed by atoms with Gasteiger partial charge < -0.3 is 5.32 Å². The van der Waals surface area contributed by atoms with E-state index in [9.17, 15) is 14.4 Å². The smallest absolute Gasteiger partial charge is 0.233 e. The van der Waals surface area contributed by atoms with E-state index in [2.05, 4.69) is 15.5 Å². The van der Waals surface area contributed by atoms with Crippen LogP contribution >= 0.6 is 11.3 Å².